The lowest BCUT2D eigenvalue weighted by Gasteiger charge is -2.51. The number of amides is 3. The zero-order valence-corrected chi connectivity index (χ0v) is 31.4. The number of nitrogens with one attached hydrogen (secondary N) is 1. The smallest absolute Gasteiger partial charge is 0.247 e. The van der Waals surface area contributed by atoms with E-state index >= 15 is 0 Å². The number of hydrogen-bond acceptors (Lipinski definition) is 8. The van der Waals surface area contributed by atoms with Crippen molar-refractivity contribution in [1.29, 1.82) is 0 Å². The Hall–Kier alpha value is -3.32. The molecule has 2 aliphatic carbocycles. The minimum absolute atomic E-state index is 0.0785. The van der Waals surface area contributed by atoms with Gasteiger partial charge in [-0.05, 0) is 55.0 Å². The van der Waals surface area contributed by atoms with Crippen LogP contribution < -0.4 is 11.1 Å². The Morgan fingerprint density at radius 1 is 1.02 bits per heavy atom. The zero-order valence-electron chi connectivity index (χ0n) is 31.4. The largest absolute Gasteiger partial charge is 0.375 e. The second-order valence-corrected chi connectivity index (χ2v) is 18.1. The molecule has 1 aromatic heterocycles. The molecule has 53 heavy (non-hydrogen) atoms. The molecule has 12 heteroatoms. The normalized spacial score (nSPS) is 34.1. The van der Waals surface area contributed by atoms with E-state index in [4.69, 9.17) is 15.2 Å². The summed E-state index contributed by atoms with van der Waals surface area (Å²) in [6.07, 6.45) is 10.7. The highest BCUT2D eigenvalue weighted by atomic mass is 16.6. The molecule has 8 fully saturated rings. The summed E-state index contributed by atoms with van der Waals surface area (Å²) >= 11 is 0. The number of carbonyl (C=O) groups excluding carboxylic acids is 3. The molecule has 12 nitrogen and oxygen atoms in total. The number of nitrogens with zero attached hydrogens (tertiary/aromatic N) is 5. The molecule has 8 aliphatic rings. The van der Waals surface area contributed by atoms with Gasteiger partial charge in [0.2, 0.25) is 17.7 Å². The number of carbonyl (C=O) groups is 3. The van der Waals surface area contributed by atoms with Crippen molar-refractivity contribution in [3.8, 4) is 0 Å². The number of rotatable bonds is 9. The molecule has 10 rings (SSSR count). The van der Waals surface area contributed by atoms with Crippen molar-refractivity contribution in [2.24, 2.45) is 46.2 Å². The van der Waals surface area contributed by atoms with Gasteiger partial charge in [0.1, 0.15) is 18.4 Å². The van der Waals surface area contributed by atoms with Gasteiger partial charge in [-0.3, -0.25) is 24.0 Å². The van der Waals surface area contributed by atoms with Crippen LogP contribution in [0.2, 0.25) is 0 Å². The van der Waals surface area contributed by atoms with Crippen LogP contribution in [0.25, 0.3) is 0 Å². The summed E-state index contributed by atoms with van der Waals surface area (Å²) in [5, 5.41) is 7.97. The SMILES string of the molecule is CC1(C)C2[C@@H](OCC3CCCCC3)[C@@H](C(=O)N3CCC(CN)CC3)NC(=O)[C@@H]3CN(C4OC4c4cnn(Cc5ccccc5)c4)CC34CN(C4)C(=O)[C@@H]21. The first kappa shape index (κ1) is 35.4. The first-order valence-corrected chi connectivity index (χ1v) is 20.3. The second-order valence-electron chi connectivity index (χ2n) is 18.1. The number of ether oxygens (including phenoxy) is 2. The zero-order chi connectivity index (χ0) is 36.5. The average molecular weight is 728 g/mol. The van der Waals surface area contributed by atoms with Gasteiger partial charge in [-0.25, -0.2) is 0 Å². The first-order chi connectivity index (χ1) is 25.6. The van der Waals surface area contributed by atoms with Gasteiger partial charge in [-0.15, -0.1) is 0 Å². The molecule has 286 valence electrons. The molecule has 6 saturated heterocycles. The van der Waals surface area contributed by atoms with E-state index in [-0.39, 0.29) is 53.2 Å². The lowest BCUT2D eigenvalue weighted by molar-refractivity contribution is -0.152. The highest BCUT2D eigenvalue weighted by molar-refractivity contribution is 5.92. The molecule has 2 saturated carbocycles. The highest BCUT2D eigenvalue weighted by Crippen LogP contribution is 2.63. The van der Waals surface area contributed by atoms with Crippen molar-refractivity contribution in [2.75, 3.05) is 52.4 Å². The van der Waals surface area contributed by atoms with E-state index < -0.39 is 17.6 Å². The summed E-state index contributed by atoms with van der Waals surface area (Å²) in [5.41, 5.74) is 7.49. The molecule has 3 unspecified atom stereocenters. The number of likely N-dealkylation sites (tertiary alicyclic amines) is 2. The van der Waals surface area contributed by atoms with Crippen molar-refractivity contribution in [2.45, 2.75) is 89.8 Å². The van der Waals surface area contributed by atoms with Gasteiger partial charge < -0.3 is 30.3 Å². The first-order valence-electron chi connectivity index (χ1n) is 20.3. The predicted octanol–water partition coefficient (Wildman–Crippen LogP) is 3.02. The lowest BCUT2D eigenvalue weighted by Crippen LogP contribution is -2.65. The average Bonchev–Trinajstić information content (AvgIpc) is 3.91. The highest BCUT2D eigenvalue weighted by Gasteiger charge is 2.71. The van der Waals surface area contributed by atoms with Gasteiger partial charge >= 0.3 is 0 Å². The van der Waals surface area contributed by atoms with Crippen molar-refractivity contribution in [3.63, 3.8) is 0 Å². The predicted molar refractivity (Wildman–Crippen MR) is 197 cm³/mol. The monoisotopic (exact) mass is 727 g/mol. The molecule has 2 bridgehead atoms. The van der Waals surface area contributed by atoms with Gasteiger partial charge in [0.25, 0.3) is 0 Å². The molecule has 1 aromatic carbocycles. The fourth-order valence-electron chi connectivity index (χ4n) is 10.9. The van der Waals surface area contributed by atoms with Crippen molar-refractivity contribution >= 4 is 17.7 Å². The maximum atomic E-state index is 14.7. The number of hydrogen-bond donors (Lipinski definition) is 2. The fraction of sp³-hybridized carbons (Fsp3) is 0.707. The number of epoxide rings is 1. The quantitative estimate of drug-likeness (QED) is 0.377. The van der Waals surface area contributed by atoms with Gasteiger partial charge in [0.15, 0.2) is 0 Å². The summed E-state index contributed by atoms with van der Waals surface area (Å²) in [7, 11) is 0. The molecule has 2 aromatic rings. The Morgan fingerprint density at radius 2 is 1.77 bits per heavy atom. The third-order valence-corrected chi connectivity index (χ3v) is 14.2. The summed E-state index contributed by atoms with van der Waals surface area (Å²) < 4.78 is 15.1. The molecule has 3 amide bonds. The van der Waals surface area contributed by atoms with Gasteiger partial charge in [-0.2, -0.15) is 5.10 Å². The number of fused-ring (bicyclic) bond motifs is 3. The van der Waals surface area contributed by atoms with Crippen LogP contribution in [0.1, 0.15) is 76.0 Å². The number of piperidine rings is 1. The summed E-state index contributed by atoms with van der Waals surface area (Å²) in [4.78, 5) is 50.0. The van der Waals surface area contributed by atoms with E-state index in [1.807, 2.05) is 38.9 Å². The molecule has 0 radical (unpaired) electrons. The molecule has 7 atom stereocenters. The molecule has 3 N–H and O–H groups in total. The molecular formula is C41H57N7O5. The van der Waals surface area contributed by atoms with Crippen LogP contribution in [-0.2, 0) is 30.4 Å². The summed E-state index contributed by atoms with van der Waals surface area (Å²) in [6.45, 7) is 9.66. The molecular weight excluding hydrogens is 670 g/mol. The van der Waals surface area contributed by atoms with Crippen LogP contribution in [0.4, 0.5) is 0 Å². The molecule has 1 spiro atoms. The number of benzene rings is 1. The van der Waals surface area contributed by atoms with Crippen LogP contribution in [-0.4, -0.2) is 113 Å². The lowest BCUT2D eigenvalue weighted by atomic mass is 9.71. The second kappa shape index (κ2) is 13.8. The van der Waals surface area contributed by atoms with Crippen LogP contribution in [0.15, 0.2) is 42.7 Å². The maximum Gasteiger partial charge on any atom is 0.247 e. The van der Waals surface area contributed by atoms with Crippen molar-refractivity contribution in [1.82, 2.24) is 29.8 Å². The standard InChI is InChI=1S/C41H57N7O5/c1-40(2)31-32(40)37(50)47-24-41(25-47)23-46(39-34(53-39)29-18-43-48(20-29)19-27-9-5-3-6-10-27)21-30(41)36(49)44-33(35(31)52-22-28-11-7-4-8-12-28)38(51)45-15-13-26(17-42)14-16-45/h3,5-6,9-10,18,20,26,28,30-35,39H,4,7-8,11-17,19,21-25,42H2,1-2H3,(H,44,49)/t30-,31?,32+,33-,34?,35+,39?/m0/s1. The Morgan fingerprint density at radius 3 is 2.51 bits per heavy atom. The third-order valence-electron chi connectivity index (χ3n) is 14.2. The molecule has 7 heterocycles. The van der Waals surface area contributed by atoms with Gasteiger partial charge in [0, 0.05) is 74.9 Å². The van der Waals surface area contributed by atoms with E-state index in [2.05, 4.69) is 47.5 Å². The summed E-state index contributed by atoms with van der Waals surface area (Å²) in [6, 6.07) is 9.42. The van der Waals surface area contributed by atoms with E-state index in [1.54, 1.807) is 0 Å². The Balaban J connectivity index is 0.967. The van der Waals surface area contributed by atoms with Crippen molar-refractivity contribution in [3.05, 3.63) is 53.9 Å². The van der Waals surface area contributed by atoms with Crippen molar-refractivity contribution < 1.29 is 23.9 Å². The Labute approximate surface area is 313 Å². The number of nitrogens with two attached hydrogens (primary N) is 1. The topological polar surface area (TPSA) is 139 Å². The van der Waals surface area contributed by atoms with Crippen LogP contribution in [0.5, 0.6) is 0 Å². The van der Waals surface area contributed by atoms with E-state index in [0.29, 0.717) is 70.8 Å². The third kappa shape index (κ3) is 6.51. The minimum atomic E-state index is -0.848. The summed E-state index contributed by atoms with van der Waals surface area (Å²) in [5.74, 6) is 0.0243. The van der Waals surface area contributed by atoms with Gasteiger partial charge in [-0.1, -0.05) is 63.4 Å². The number of aromatic nitrogens is 2. The molecule has 6 aliphatic heterocycles. The van der Waals surface area contributed by atoms with E-state index in [1.165, 1.54) is 24.8 Å². The van der Waals surface area contributed by atoms with E-state index in [9.17, 15) is 14.4 Å². The minimum Gasteiger partial charge on any atom is -0.375 e. The van der Waals surface area contributed by atoms with Crippen LogP contribution in [0.3, 0.4) is 0 Å². The van der Waals surface area contributed by atoms with Crippen LogP contribution >= 0.6 is 0 Å². The Bertz CT molecular complexity index is 1680. The van der Waals surface area contributed by atoms with E-state index in [0.717, 1.165) is 31.2 Å². The van der Waals surface area contributed by atoms with Gasteiger partial charge in [0.05, 0.1) is 24.8 Å². The van der Waals surface area contributed by atoms with Crippen LogP contribution in [0, 0.1) is 40.4 Å². The maximum absolute atomic E-state index is 14.7. The fourth-order valence-corrected chi connectivity index (χ4v) is 10.9. The Kier molecular flexibility index (Phi) is 9.19.